The molecule has 2 heterocycles. The van der Waals surface area contributed by atoms with Crippen LogP contribution in [0.1, 0.15) is 6.42 Å². The first-order chi connectivity index (χ1) is 7.34. The molecule has 0 bridgehead atoms. The molecule has 0 spiro atoms. The van der Waals surface area contributed by atoms with Gasteiger partial charge in [-0.1, -0.05) is 0 Å². The van der Waals surface area contributed by atoms with Crippen molar-refractivity contribution in [2.24, 2.45) is 0 Å². The first kappa shape index (κ1) is 9.97. The standard InChI is InChI=1S/C9H13N5S/c10-8-6-9(15-13-8)12-2-1-4-14-5-3-11-7-14/h3,5-7,12H,1-2,4H2,(H2,10,13). The van der Waals surface area contributed by atoms with Crippen LogP contribution in [-0.4, -0.2) is 20.5 Å². The Morgan fingerprint density at radius 1 is 1.53 bits per heavy atom. The Kier molecular flexibility index (Phi) is 3.18. The number of hydrogen-bond donors (Lipinski definition) is 2. The molecular weight excluding hydrogens is 210 g/mol. The Hall–Kier alpha value is -1.56. The molecule has 0 fully saturated rings. The lowest BCUT2D eigenvalue weighted by Crippen LogP contribution is -2.04. The van der Waals surface area contributed by atoms with Crippen molar-refractivity contribution < 1.29 is 0 Å². The number of aryl methyl sites for hydroxylation is 1. The number of imidazole rings is 1. The van der Waals surface area contributed by atoms with E-state index >= 15 is 0 Å². The molecule has 0 unspecified atom stereocenters. The van der Waals surface area contributed by atoms with Gasteiger partial charge in [0.25, 0.3) is 0 Å². The fourth-order valence-electron chi connectivity index (χ4n) is 1.26. The SMILES string of the molecule is Nc1cc(NCCCn2ccnc2)sn1. The third-order valence-electron chi connectivity index (χ3n) is 1.98. The molecule has 0 saturated carbocycles. The Balaban J connectivity index is 1.67. The van der Waals surface area contributed by atoms with Crippen molar-refractivity contribution in [2.75, 3.05) is 17.6 Å². The quantitative estimate of drug-likeness (QED) is 0.752. The van der Waals surface area contributed by atoms with Crippen LogP contribution in [0.15, 0.2) is 24.8 Å². The first-order valence-corrected chi connectivity index (χ1v) is 5.54. The zero-order chi connectivity index (χ0) is 10.5. The van der Waals surface area contributed by atoms with Crippen LogP contribution in [0.25, 0.3) is 0 Å². The highest BCUT2D eigenvalue weighted by atomic mass is 32.1. The molecule has 0 amide bonds. The zero-order valence-corrected chi connectivity index (χ0v) is 9.07. The molecule has 2 aromatic rings. The average molecular weight is 223 g/mol. The molecule has 0 atom stereocenters. The minimum atomic E-state index is 0.581. The van der Waals surface area contributed by atoms with Crippen LogP contribution in [0.3, 0.4) is 0 Å². The van der Waals surface area contributed by atoms with E-state index in [1.165, 1.54) is 11.5 Å². The lowest BCUT2D eigenvalue weighted by molar-refractivity contribution is 0.661. The van der Waals surface area contributed by atoms with Crippen molar-refractivity contribution in [3.63, 3.8) is 0 Å². The van der Waals surface area contributed by atoms with E-state index in [1.54, 1.807) is 6.20 Å². The predicted octanol–water partition coefficient (Wildman–Crippen LogP) is 1.42. The number of nitrogen functional groups attached to an aromatic ring is 1. The van der Waals surface area contributed by atoms with Crippen molar-refractivity contribution in [2.45, 2.75) is 13.0 Å². The van der Waals surface area contributed by atoms with Gasteiger partial charge in [-0.25, -0.2) is 4.98 Å². The summed E-state index contributed by atoms with van der Waals surface area (Å²) in [6.45, 7) is 1.89. The van der Waals surface area contributed by atoms with Gasteiger partial charge in [-0.15, -0.1) is 0 Å². The molecule has 0 saturated heterocycles. The molecule has 6 heteroatoms. The maximum Gasteiger partial charge on any atom is 0.139 e. The number of nitrogens with zero attached hydrogens (tertiary/aromatic N) is 3. The maximum absolute atomic E-state index is 5.51. The maximum atomic E-state index is 5.51. The van der Waals surface area contributed by atoms with E-state index in [-0.39, 0.29) is 0 Å². The second-order valence-electron chi connectivity index (χ2n) is 3.20. The largest absolute Gasteiger partial charge is 0.383 e. The van der Waals surface area contributed by atoms with Gasteiger partial charge in [0.15, 0.2) is 0 Å². The monoisotopic (exact) mass is 223 g/mol. The van der Waals surface area contributed by atoms with Gasteiger partial charge in [0.2, 0.25) is 0 Å². The Morgan fingerprint density at radius 2 is 2.47 bits per heavy atom. The molecule has 5 nitrogen and oxygen atoms in total. The highest BCUT2D eigenvalue weighted by Crippen LogP contribution is 2.16. The van der Waals surface area contributed by atoms with Gasteiger partial charge < -0.3 is 15.6 Å². The second-order valence-corrected chi connectivity index (χ2v) is 4.00. The van der Waals surface area contributed by atoms with Gasteiger partial charge in [0.1, 0.15) is 10.8 Å². The fourth-order valence-corrected chi connectivity index (χ4v) is 1.86. The summed E-state index contributed by atoms with van der Waals surface area (Å²) in [5.41, 5.74) is 5.51. The van der Waals surface area contributed by atoms with Gasteiger partial charge >= 0.3 is 0 Å². The summed E-state index contributed by atoms with van der Waals surface area (Å²) >= 11 is 1.39. The number of rotatable bonds is 5. The van der Waals surface area contributed by atoms with Crippen molar-refractivity contribution in [3.05, 3.63) is 24.8 Å². The Bertz CT molecular complexity index is 394. The highest BCUT2D eigenvalue weighted by Gasteiger charge is 1.96. The summed E-state index contributed by atoms with van der Waals surface area (Å²) < 4.78 is 6.05. The van der Waals surface area contributed by atoms with E-state index in [1.807, 2.05) is 18.6 Å². The Labute approximate surface area is 92.1 Å². The van der Waals surface area contributed by atoms with Crippen LogP contribution in [0.5, 0.6) is 0 Å². The molecule has 0 aromatic carbocycles. The molecule has 3 N–H and O–H groups in total. The number of anilines is 2. The summed E-state index contributed by atoms with van der Waals surface area (Å²) in [5.74, 6) is 0.581. The number of nitrogens with one attached hydrogen (secondary N) is 1. The lowest BCUT2D eigenvalue weighted by atomic mass is 10.4. The van der Waals surface area contributed by atoms with Crippen molar-refractivity contribution in [3.8, 4) is 0 Å². The zero-order valence-electron chi connectivity index (χ0n) is 8.26. The summed E-state index contributed by atoms with van der Waals surface area (Å²) in [6, 6.07) is 1.85. The van der Waals surface area contributed by atoms with Gasteiger partial charge in [-0.05, 0) is 18.0 Å². The van der Waals surface area contributed by atoms with E-state index < -0.39 is 0 Å². The van der Waals surface area contributed by atoms with Crippen LogP contribution >= 0.6 is 11.5 Å². The smallest absolute Gasteiger partial charge is 0.139 e. The lowest BCUT2D eigenvalue weighted by Gasteiger charge is -2.03. The predicted molar refractivity (Wildman–Crippen MR) is 61.9 cm³/mol. The third kappa shape index (κ3) is 2.95. The second kappa shape index (κ2) is 4.79. The van der Waals surface area contributed by atoms with Crippen molar-refractivity contribution in [1.29, 1.82) is 0 Å². The fraction of sp³-hybridized carbons (Fsp3) is 0.333. The average Bonchev–Trinajstić information content (AvgIpc) is 2.84. The van der Waals surface area contributed by atoms with Crippen molar-refractivity contribution in [1.82, 2.24) is 13.9 Å². The van der Waals surface area contributed by atoms with E-state index in [9.17, 15) is 0 Å². The molecular formula is C9H13N5S. The first-order valence-electron chi connectivity index (χ1n) is 4.76. The summed E-state index contributed by atoms with van der Waals surface area (Å²) in [4.78, 5) is 3.98. The van der Waals surface area contributed by atoms with Gasteiger partial charge in [-0.3, -0.25) is 0 Å². The topological polar surface area (TPSA) is 68.8 Å². The van der Waals surface area contributed by atoms with Gasteiger partial charge in [0.05, 0.1) is 6.33 Å². The number of nitrogens with two attached hydrogens (primary N) is 1. The number of aromatic nitrogens is 3. The van der Waals surface area contributed by atoms with Gasteiger partial charge in [-0.2, -0.15) is 4.37 Å². The van der Waals surface area contributed by atoms with Crippen LogP contribution in [0.4, 0.5) is 10.8 Å². The van der Waals surface area contributed by atoms with Crippen LogP contribution in [0, 0.1) is 0 Å². The molecule has 2 aromatic heterocycles. The summed E-state index contributed by atoms with van der Waals surface area (Å²) in [6.07, 6.45) is 6.63. The molecule has 0 radical (unpaired) electrons. The normalized spacial score (nSPS) is 10.4. The third-order valence-corrected chi connectivity index (χ3v) is 2.74. The van der Waals surface area contributed by atoms with Crippen LogP contribution in [0.2, 0.25) is 0 Å². The van der Waals surface area contributed by atoms with Crippen LogP contribution < -0.4 is 11.1 Å². The van der Waals surface area contributed by atoms with E-state index in [2.05, 4.69) is 19.2 Å². The summed E-state index contributed by atoms with van der Waals surface area (Å²) in [7, 11) is 0. The summed E-state index contributed by atoms with van der Waals surface area (Å²) in [5, 5.41) is 4.30. The minimum Gasteiger partial charge on any atom is -0.383 e. The Morgan fingerprint density at radius 3 is 3.13 bits per heavy atom. The molecule has 0 aliphatic rings. The molecule has 15 heavy (non-hydrogen) atoms. The molecule has 0 aliphatic heterocycles. The van der Waals surface area contributed by atoms with E-state index in [0.29, 0.717) is 5.82 Å². The van der Waals surface area contributed by atoms with Crippen molar-refractivity contribution >= 4 is 22.4 Å². The molecule has 2 rings (SSSR count). The van der Waals surface area contributed by atoms with Gasteiger partial charge in [0, 0.05) is 31.5 Å². The minimum absolute atomic E-state index is 0.581. The highest BCUT2D eigenvalue weighted by molar-refractivity contribution is 7.10. The molecule has 0 aliphatic carbocycles. The number of hydrogen-bond acceptors (Lipinski definition) is 5. The van der Waals surface area contributed by atoms with Crippen LogP contribution in [-0.2, 0) is 6.54 Å². The van der Waals surface area contributed by atoms with E-state index in [4.69, 9.17) is 5.73 Å². The molecule has 80 valence electrons. The van der Waals surface area contributed by atoms with E-state index in [0.717, 1.165) is 24.5 Å².